The van der Waals surface area contributed by atoms with Crippen LogP contribution in [-0.4, -0.2) is 11.2 Å². The van der Waals surface area contributed by atoms with E-state index < -0.39 is 0 Å². The molecule has 1 aliphatic carbocycles. The van der Waals surface area contributed by atoms with Gasteiger partial charge in [-0.1, -0.05) is 45.1 Å². The molecule has 0 aromatic heterocycles. The van der Waals surface area contributed by atoms with Gasteiger partial charge in [-0.25, -0.2) is 0 Å². The van der Waals surface area contributed by atoms with Gasteiger partial charge in [0.2, 0.25) is 0 Å². The largest absolute Gasteiger partial charge is 0.393 e. The average Bonchev–Trinajstić information content (AvgIpc) is 2.36. The van der Waals surface area contributed by atoms with Gasteiger partial charge >= 0.3 is 0 Å². The van der Waals surface area contributed by atoms with Gasteiger partial charge in [-0.15, -0.1) is 0 Å². The fourth-order valence-electron chi connectivity index (χ4n) is 3.24. The highest BCUT2D eigenvalue weighted by atomic mass is 16.3. The summed E-state index contributed by atoms with van der Waals surface area (Å²) >= 11 is 0. The van der Waals surface area contributed by atoms with Gasteiger partial charge < -0.3 is 5.11 Å². The van der Waals surface area contributed by atoms with Gasteiger partial charge in [0.05, 0.1) is 6.10 Å². The van der Waals surface area contributed by atoms with Gasteiger partial charge in [-0.2, -0.15) is 0 Å². The minimum absolute atomic E-state index is 0.228. The lowest BCUT2D eigenvalue weighted by molar-refractivity contribution is 0.148. The second kappa shape index (κ2) is 6.56. The third kappa shape index (κ3) is 3.26. The second-order valence-electron chi connectivity index (χ2n) is 6.04. The molecule has 0 aromatic carbocycles. The zero-order valence-corrected chi connectivity index (χ0v) is 12.6. The Morgan fingerprint density at radius 2 is 2.00 bits per heavy atom. The molecule has 1 N–H and O–H groups in total. The van der Waals surface area contributed by atoms with Crippen molar-refractivity contribution in [2.24, 2.45) is 17.3 Å². The van der Waals surface area contributed by atoms with Gasteiger partial charge in [-0.3, -0.25) is 0 Å². The molecule has 0 bridgehead atoms. The summed E-state index contributed by atoms with van der Waals surface area (Å²) in [6, 6.07) is 0. The van der Waals surface area contributed by atoms with E-state index in [0.29, 0.717) is 11.3 Å². The van der Waals surface area contributed by atoms with Gasteiger partial charge in [0.1, 0.15) is 0 Å². The third-order valence-corrected chi connectivity index (χ3v) is 5.05. The Hall–Kier alpha value is -0.560. The number of aliphatic hydroxyl groups excluding tert-OH is 1. The van der Waals surface area contributed by atoms with E-state index in [1.165, 1.54) is 37.7 Å². The predicted molar refractivity (Wildman–Crippen MR) is 79.5 cm³/mol. The Morgan fingerprint density at radius 3 is 2.50 bits per heavy atom. The molecule has 18 heavy (non-hydrogen) atoms. The predicted octanol–water partition coefficient (Wildman–Crippen LogP) is 4.72. The van der Waals surface area contributed by atoms with Gasteiger partial charge in [-0.05, 0) is 50.4 Å². The van der Waals surface area contributed by atoms with Gasteiger partial charge in [0.15, 0.2) is 0 Å². The van der Waals surface area contributed by atoms with Crippen LogP contribution in [-0.2, 0) is 0 Å². The van der Waals surface area contributed by atoms with Crippen LogP contribution >= 0.6 is 0 Å². The van der Waals surface area contributed by atoms with E-state index >= 15 is 0 Å². The maximum absolute atomic E-state index is 9.59. The normalized spacial score (nSPS) is 27.4. The minimum atomic E-state index is -0.268. The summed E-state index contributed by atoms with van der Waals surface area (Å²) in [4.78, 5) is 0. The smallest absolute Gasteiger partial charge is 0.0572 e. The standard InChI is InChI=1S/C17H30O/c1-6-17(7-2)12-8-9-14(4)16(17)11-10-13(3)15(5)18/h10-11,13,15-16,18H,4,6-9,12H2,1-3,5H3. The van der Waals surface area contributed by atoms with Crippen LogP contribution in [0.2, 0.25) is 0 Å². The number of allylic oxidation sites excluding steroid dienone is 2. The molecule has 0 aliphatic heterocycles. The molecule has 1 rings (SSSR count). The molecule has 1 nitrogen and oxygen atoms in total. The Morgan fingerprint density at radius 1 is 1.39 bits per heavy atom. The van der Waals surface area contributed by atoms with Crippen molar-refractivity contribution in [2.45, 2.75) is 65.9 Å². The molecule has 104 valence electrons. The molecule has 0 saturated heterocycles. The summed E-state index contributed by atoms with van der Waals surface area (Å²) in [6.07, 6.45) is 10.5. The van der Waals surface area contributed by atoms with E-state index in [1.54, 1.807) is 0 Å². The van der Waals surface area contributed by atoms with Crippen LogP contribution in [0.1, 0.15) is 59.8 Å². The van der Waals surface area contributed by atoms with Crippen LogP contribution in [0.15, 0.2) is 24.3 Å². The fraction of sp³-hybridized carbons (Fsp3) is 0.765. The van der Waals surface area contributed by atoms with E-state index in [4.69, 9.17) is 0 Å². The summed E-state index contributed by atoms with van der Waals surface area (Å²) in [7, 11) is 0. The van der Waals surface area contributed by atoms with Crippen LogP contribution in [0.4, 0.5) is 0 Å². The van der Waals surface area contributed by atoms with E-state index in [0.717, 1.165) is 0 Å². The first-order chi connectivity index (χ1) is 8.46. The average molecular weight is 250 g/mol. The van der Waals surface area contributed by atoms with Gasteiger partial charge in [0.25, 0.3) is 0 Å². The number of aliphatic hydroxyl groups is 1. The van der Waals surface area contributed by atoms with Crippen molar-refractivity contribution in [3.05, 3.63) is 24.3 Å². The molecule has 3 unspecified atom stereocenters. The van der Waals surface area contributed by atoms with Crippen LogP contribution in [0.5, 0.6) is 0 Å². The van der Waals surface area contributed by atoms with Crippen molar-refractivity contribution < 1.29 is 5.11 Å². The molecule has 1 heteroatoms. The SMILES string of the molecule is C=C1CCCC(CC)(CC)C1C=CC(C)C(C)O. The highest BCUT2D eigenvalue weighted by molar-refractivity contribution is 5.18. The van der Waals surface area contributed by atoms with Crippen LogP contribution in [0, 0.1) is 17.3 Å². The van der Waals surface area contributed by atoms with E-state index in [2.05, 4.69) is 39.5 Å². The van der Waals surface area contributed by atoms with E-state index in [-0.39, 0.29) is 12.0 Å². The highest BCUT2D eigenvalue weighted by Gasteiger charge is 2.38. The van der Waals surface area contributed by atoms with Crippen molar-refractivity contribution >= 4 is 0 Å². The molecule has 0 aromatic rings. The minimum Gasteiger partial charge on any atom is -0.393 e. The lowest BCUT2D eigenvalue weighted by atomic mass is 9.61. The number of rotatable bonds is 5. The maximum Gasteiger partial charge on any atom is 0.0572 e. The fourth-order valence-corrected chi connectivity index (χ4v) is 3.24. The molecule has 1 fully saturated rings. The summed E-state index contributed by atoms with van der Waals surface area (Å²) in [6.45, 7) is 12.8. The summed E-state index contributed by atoms with van der Waals surface area (Å²) in [5, 5.41) is 9.59. The van der Waals surface area contributed by atoms with Gasteiger partial charge in [0, 0.05) is 5.92 Å². The zero-order chi connectivity index (χ0) is 13.8. The van der Waals surface area contributed by atoms with Crippen LogP contribution < -0.4 is 0 Å². The molecular formula is C17H30O. The quantitative estimate of drug-likeness (QED) is 0.700. The molecule has 3 atom stereocenters. The summed E-state index contributed by atoms with van der Waals surface area (Å²) in [5.74, 6) is 0.730. The van der Waals surface area contributed by atoms with Crippen LogP contribution in [0.3, 0.4) is 0 Å². The first kappa shape index (κ1) is 15.5. The monoisotopic (exact) mass is 250 g/mol. The van der Waals surface area contributed by atoms with Crippen molar-refractivity contribution in [1.29, 1.82) is 0 Å². The molecule has 0 heterocycles. The third-order valence-electron chi connectivity index (χ3n) is 5.05. The van der Waals surface area contributed by atoms with E-state index in [1.807, 2.05) is 6.92 Å². The lowest BCUT2D eigenvalue weighted by Crippen LogP contribution is -2.33. The Kier molecular flexibility index (Phi) is 5.65. The van der Waals surface area contributed by atoms with Crippen molar-refractivity contribution in [2.75, 3.05) is 0 Å². The topological polar surface area (TPSA) is 20.2 Å². The molecule has 0 amide bonds. The number of hydrogen-bond donors (Lipinski definition) is 1. The molecule has 0 spiro atoms. The highest BCUT2D eigenvalue weighted by Crippen LogP contribution is 2.49. The Labute approximate surface area is 113 Å². The number of hydrogen-bond acceptors (Lipinski definition) is 1. The summed E-state index contributed by atoms with van der Waals surface area (Å²) < 4.78 is 0. The molecular weight excluding hydrogens is 220 g/mol. The maximum atomic E-state index is 9.59. The van der Waals surface area contributed by atoms with Crippen molar-refractivity contribution in [1.82, 2.24) is 0 Å². The Bertz CT molecular complexity index is 297. The van der Waals surface area contributed by atoms with Crippen molar-refractivity contribution in [3.63, 3.8) is 0 Å². The molecule has 0 radical (unpaired) electrons. The Balaban J connectivity index is 2.89. The summed E-state index contributed by atoms with van der Waals surface area (Å²) in [5.41, 5.74) is 1.79. The zero-order valence-electron chi connectivity index (χ0n) is 12.6. The molecule has 1 saturated carbocycles. The first-order valence-electron chi connectivity index (χ1n) is 7.51. The second-order valence-corrected chi connectivity index (χ2v) is 6.04. The lowest BCUT2D eigenvalue weighted by Gasteiger charge is -2.43. The first-order valence-corrected chi connectivity index (χ1v) is 7.51. The van der Waals surface area contributed by atoms with Crippen LogP contribution in [0.25, 0.3) is 0 Å². The van der Waals surface area contributed by atoms with Crippen molar-refractivity contribution in [3.8, 4) is 0 Å². The van der Waals surface area contributed by atoms with E-state index in [9.17, 15) is 5.11 Å². The molecule has 1 aliphatic rings.